The lowest BCUT2D eigenvalue weighted by molar-refractivity contribution is -0.394. The van der Waals surface area contributed by atoms with Crippen LogP contribution in [0.15, 0.2) is 18.2 Å². The molecule has 1 rings (SSSR count). The van der Waals surface area contributed by atoms with Gasteiger partial charge in [-0.15, -0.1) is 0 Å². The summed E-state index contributed by atoms with van der Waals surface area (Å²) in [5.74, 6) is 0. The molecule has 1 radical (unpaired) electrons. The molecule has 0 unspecified atom stereocenters. The lowest BCUT2D eigenvalue weighted by atomic mass is 10.1. The van der Waals surface area contributed by atoms with E-state index in [4.69, 9.17) is 0 Å². The Labute approximate surface area is 101 Å². The highest BCUT2D eigenvalue weighted by Gasteiger charge is 2.18. The topological polar surface area (TPSA) is 113 Å². The lowest BCUT2D eigenvalue weighted by Gasteiger charge is -2.02. The highest BCUT2D eigenvalue weighted by Crippen LogP contribution is 2.25. The molecule has 0 spiro atoms. The van der Waals surface area contributed by atoms with Crippen molar-refractivity contribution < 1.29 is 19.4 Å². The summed E-state index contributed by atoms with van der Waals surface area (Å²) >= 11 is 0. The summed E-state index contributed by atoms with van der Waals surface area (Å²) in [6, 6.07) is 3.46. The molecule has 8 heteroatoms. The van der Waals surface area contributed by atoms with E-state index in [-0.39, 0.29) is 24.4 Å². The van der Waals surface area contributed by atoms with Crippen LogP contribution in [0.2, 0.25) is 0 Å². The molecule has 0 aliphatic carbocycles. The largest absolute Gasteiger partial charge is 0.457 e. The lowest BCUT2D eigenvalue weighted by Crippen LogP contribution is -2.00. The average Bonchev–Trinajstić information content (AvgIpc) is 2.34. The van der Waals surface area contributed by atoms with Crippen LogP contribution in [0.1, 0.15) is 12.0 Å². The second kappa shape index (κ2) is 6.28. The maximum atomic E-state index is 10.8. The van der Waals surface area contributed by atoms with E-state index in [2.05, 4.69) is 4.74 Å². The van der Waals surface area contributed by atoms with E-state index in [9.17, 15) is 25.0 Å². The quantitative estimate of drug-likeness (QED) is 0.413. The molecule has 1 aromatic carbocycles. The van der Waals surface area contributed by atoms with Crippen LogP contribution in [0.25, 0.3) is 0 Å². The van der Waals surface area contributed by atoms with Crippen molar-refractivity contribution in [2.75, 3.05) is 6.61 Å². The van der Waals surface area contributed by atoms with E-state index in [0.29, 0.717) is 12.0 Å². The molecule has 0 fully saturated rings. The molecule has 18 heavy (non-hydrogen) atoms. The van der Waals surface area contributed by atoms with Gasteiger partial charge in [-0.25, -0.2) is 4.79 Å². The van der Waals surface area contributed by atoms with Gasteiger partial charge < -0.3 is 4.74 Å². The first-order chi connectivity index (χ1) is 8.56. The number of nitrogens with zero attached hydrogens (tertiary/aromatic N) is 2. The predicted molar refractivity (Wildman–Crippen MR) is 59.7 cm³/mol. The smallest absolute Gasteiger partial charge is 0.417 e. The summed E-state index contributed by atoms with van der Waals surface area (Å²) in [4.78, 5) is 29.7. The molecular weight excluding hydrogens is 244 g/mol. The molecule has 0 aliphatic heterocycles. The maximum Gasteiger partial charge on any atom is 0.417 e. The summed E-state index contributed by atoms with van der Waals surface area (Å²) < 4.78 is 4.33. The Morgan fingerprint density at radius 3 is 2.50 bits per heavy atom. The van der Waals surface area contributed by atoms with Crippen molar-refractivity contribution in [3.05, 3.63) is 44.0 Å². The van der Waals surface area contributed by atoms with Crippen LogP contribution < -0.4 is 0 Å². The highest BCUT2D eigenvalue weighted by molar-refractivity contribution is 5.49. The molecule has 0 saturated heterocycles. The Morgan fingerprint density at radius 1 is 1.22 bits per heavy atom. The third-order valence-corrected chi connectivity index (χ3v) is 2.23. The molecule has 0 heterocycles. The first-order valence-electron chi connectivity index (χ1n) is 4.97. The van der Waals surface area contributed by atoms with Gasteiger partial charge in [-0.3, -0.25) is 20.2 Å². The monoisotopic (exact) mass is 253 g/mol. The number of nitro groups is 2. The first kappa shape index (κ1) is 13.6. The Kier molecular flexibility index (Phi) is 4.73. The summed E-state index contributed by atoms with van der Waals surface area (Å²) in [7, 11) is 0. The molecular formula is C10H9N2O6. The van der Waals surface area contributed by atoms with Crippen molar-refractivity contribution in [1.82, 2.24) is 0 Å². The van der Waals surface area contributed by atoms with Crippen molar-refractivity contribution in [1.29, 1.82) is 0 Å². The molecule has 1 aromatic rings. The molecule has 0 saturated carbocycles. The number of rotatable bonds is 7. The van der Waals surface area contributed by atoms with E-state index in [1.807, 2.05) is 0 Å². The van der Waals surface area contributed by atoms with E-state index >= 15 is 0 Å². The molecule has 0 N–H and O–H groups in total. The van der Waals surface area contributed by atoms with E-state index in [0.717, 1.165) is 6.07 Å². The minimum absolute atomic E-state index is 0.0949. The summed E-state index contributed by atoms with van der Waals surface area (Å²) in [6.45, 7) is 1.34. The van der Waals surface area contributed by atoms with Crippen molar-refractivity contribution in [3.63, 3.8) is 0 Å². The molecule has 0 amide bonds. The van der Waals surface area contributed by atoms with Crippen molar-refractivity contribution >= 4 is 17.8 Å². The predicted octanol–water partition coefficient (Wildman–Crippen LogP) is 1.52. The third-order valence-electron chi connectivity index (χ3n) is 2.23. The Bertz CT molecular complexity index is 473. The van der Waals surface area contributed by atoms with Crippen LogP contribution in [0, 0.1) is 20.2 Å². The van der Waals surface area contributed by atoms with E-state index in [1.54, 1.807) is 0 Å². The average molecular weight is 253 g/mol. The van der Waals surface area contributed by atoms with Crippen LogP contribution >= 0.6 is 0 Å². The van der Waals surface area contributed by atoms with Gasteiger partial charge in [0.15, 0.2) is 0 Å². The van der Waals surface area contributed by atoms with Gasteiger partial charge in [0.2, 0.25) is 0 Å². The van der Waals surface area contributed by atoms with Crippen LogP contribution in [-0.4, -0.2) is 22.9 Å². The SMILES string of the molecule is O=[C]OCCCc1ccc([N+](=O)[O-])cc1[N+](=O)[O-]. The number of benzene rings is 1. The number of hydrogen-bond acceptors (Lipinski definition) is 6. The zero-order chi connectivity index (χ0) is 13.5. The molecule has 8 nitrogen and oxygen atoms in total. The number of carbonyl (C=O) groups excluding carboxylic acids is 1. The van der Waals surface area contributed by atoms with Crippen LogP contribution in [0.4, 0.5) is 11.4 Å². The molecule has 95 valence electrons. The summed E-state index contributed by atoms with van der Waals surface area (Å²) in [6.07, 6.45) is 0.671. The fourth-order valence-electron chi connectivity index (χ4n) is 1.42. The first-order valence-corrected chi connectivity index (χ1v) is 4.97. The molecule has 0 atom stereocenters. The normalized spacial score (nSPS) is 9.78. The highest BCUT2D eigenvalue weighted by atomic mass is 16.6. The second-order valence-corrected chi connectivity index (χ2v) is 3.36. The van der Waals surface area contributed by atoms with Crippen molar-refractivity contribution in [3.8, 4) is 0 Å². The summed E-state index contributed by atoms with van der Waals surface area (Å²) in [5, 5.41) is 21.3. The van der Waals surface area contributed by atoms with E-state index in [1.165, 1.54) is 18.6 Å². The number of aryl methyl sites for hydroxylation is 1. The van der Waals surface area contributed by atoms with Gasteiger partial charge in [-0.2, -0.15) is 0 Å². The standard InChI is InChI=1S/C10H9N2O6/c13-7-18-5-1-2-8-3-4-9(11(14)15)6-10(8)12(16)17/h3-4,6H,1-2,5H2. The van der Waals surface area contributed by atoms with Crippen molar-refractivity contribution in [2.24, 2.45) is 0 Å². The van der Waals surface area contributed by atoms with Gasteiger partial charge in [-0.1, -0.05) is 0 Å². The van der Waals surface area contributed by atoms with E-state index < -0.39 is 9.85 Å². The number of ether oxygens (including phenoxy) is 1. The fraction of sp³-hybridized carbons (Fsp3) is 0.300. The Hall–Kier alpha value is -2.51. The van der Waals surface area contributed by atoms with Gasteiger partial charge in [0.25, 0.3) is 11.4 Å². The van der Waals surface area contributed by atoms with Crippen molar-refractivity contribution in [2.45, 2.75) is 12.8 Å². The summed E-state index contributed by atoms with van der Waals surface area (Å²) in [5.41, 5.74) is -0.276. The zero-order valence-electron chi connectivity index (χ0n) is 9.20. The molecule has 0 aromatic heterocycles. The third kappa shape index (κ3) is 3.51. The Morgan fingerprint density at radius 2 is 1.94 bits per heavy atom. The molecule has 0 aliphatic rings. The van der Waals surface area contributed by atoms with Crippen LogP contribution in [0.3, 0.4) is 0 Å². The number of hydrogen-bond donors (Lipinski definition) is 0. The van der Waals surface area contributed by atoms with Gasteiger partial charge in [0.05, 0.1) is 22.5 Å². The van der Waals surface area contributed by atoms with Gasteiger partial charge in [0, 0.05) is 11.6 Å². The van der Waals surface area contributed by atoms with Gasteiger partial charge in [0.1, 0.15) is 0 Å². The Balaban J connectivity index is 2.86. The van der Waals surface area contributed by atoms with Gasteiger partial charge >= 0.3 is 6.47 Å². The fourth-order valence-corrected chi connectivity index (χ4v) is 1.42. The van der Waals surface area contributed by atoms with Crippen LogP contribution in [-0.2, 0) is 16.0 Å². The second-order valence-electron chi connectivity index (χ2n) is 3.36. The minimum atomic E-state index is -0.693. The minimum Gasteiger partial charge on any atom is -0.457 e. The van der Waals surface area contributed by atoms with Crippen LogP contribution in [0.5, 0.6) is 0 Å². The zero-order valence-corrected chi connectivity index (χ0v) is 9.20. The molecule has 0 bridgehead atoms. The number of nitro benzene ring substituents is 2. The number of non-ortho nitro benzene ring substituents is 1. The maximum absolute atomic E-state index is 10.8. The van der Waals surface area contributed by atoms with Gasteiger partial charge in [-0.05, 0) is 18.9 Å².